The first-order valence-electron chi connectivity index (χ1n) is 10.1. The van der Waals surface area contributed by atoms with Crippen LogP contribution in [0.2, 0.25) is 5.02 Å². The number of anilines is 1. The largest absolute Gasteiger partial charge is 0.462 e. The smallest absolute Gasteiger partial charge is 0.341 e. The van der Waals surface area contributed by atoms with Crippen molar-refractivity contribution in [3.63, 3.8) is 0 Å². The van der Waals surface area contributed by atoms with Crippen molar-refractivity contribution in [3.8, 4) is 0 Å². The van der Waals surface area contributed by atoms with Crippen LogP contribution in [0.25, 0.3) is 0 Å². The van der Waals surface area contributed by atoms with E-state index in [-0.39, 0.29) is 42.0 Å². The van der Waals surface area contributed by atoms with Crippen LogP contribution in [-0.2, 0) is 19.6 Å². The zero-order chi connectivity index (χ0) is 22.8. The number of sulfonamides is 1. The van der Waals surface area contributed by atoms with Crippen LogP contribution in [0.15, 0.2) is 29.2 Å². The lowest BCUT2D eigenvalue weighted by molar-refractivity contribution is -0.120. The second-order valence-corrected chi connectivity index (χ2v) is 9.79. The van der Waals surface area contributed by atoms with E-state index in [9.17, 15) is 18.0 Å². The summed E-state index contributed by atoms with van der Waals surface area (Å²) in [7, 11) is -3.93. The number of nitrogens with zero attached hydrogens (tertiary/aromatic N) is 1. The van der Waals surface area contributed by atoms with E-state index in [0.717, 1.165) is 0 Å². The van der Waals surface area contributed by atoms with Gasteiger partial charge in [-0.3, -0.25) is 4.79 Å². The molecule has 0 saturated carbocycles. The highest BCUT2D eigenvalue weighted by molar-refractivity contribution is 7.89. The number of amides is 1. The topological polar surface area (TPSA) is 109 Å². The van der Waals surface area contributed by atoms with Gasteiger partial charge in [0.15, 0.2) is 0 Å². The Balaban J connectivity index is 1.73. The molecule has 0 spiro atoms. The predicted molar refractivity (Wildman–Crippen MR) is 118 cm³/mol. The van der Waals surface area contributed by atoms with Crippen molar-refractivity contribution >= 4 is 39.2 Å². The van der Waals surface area contributed by atoms with E-state index in [4.69, 9.17) is 16.3 Å². The fraction of sp³-hybridized carbons (Fsp3) is 0.429. The average Bonchev–Trinajstić information content (AvgIpc) is 3.03. The summed E-state index contributed by atoms with van der Waals surface area (Å²) in [5, 5.41) is 3.35. The van der Waals surface area contributed by atoms with Crippen molar-refractivity contribution in [2.24, 2.45) is 5.92 Å². The number of nitrogens with one attached hydrogen (secondary N) is 2. The zero-order valence-corrected chi connectivity index (χ0v) is 19.3. The lowest BCUT2D eigenvalue weighted by Gasteiger charge is -2.30. The molecule has 1 saturated heterocycles. The van der Waals surface area contributed by atoms with Gasteiger partial charge in [0.1, 0.15) is 10.5 Å². The van der Waals surface area contributed by atoms with Crippen molar-refractivity contribution in [3.05, 3.63) is 46.2 Å². The first-order chi connectivity index (χ1) is 14.6. The van der Waals surface area contributed by atoms with Crippen LogP contribution in [0.5, 0.6) is 0 Å². The van der Waals surface area contributed by atoms with Gasteiger partial charge in [-0.25, -0.2) is 13.2 Å². The number of aromatic amines is 1. The number of ether oxygens (including phenoxy) is 1. The molecule has 0 radical (unpaired) electrons. The molecule has 1 aromatic carbocycles. The third-order valence-corrected chi connectivity index (χ3v) is 7.62. The third-order valence-electron chi connectivity index (χ3n) is 5.31. The number of esters is 1. The number of aryl methyl sites for hydroxylation is 2. The van der Waals surface area contributed by atoms with E-state index in [1.807, 2.05) is 0 Å². The Kier molecular flexibility index (Phi) is 7.08. The molecule has 3 rings (SSSR count). The number of rotatable bonds is 6. The molecule has 1 aliphatic heterocycles. The Bertz CT molecular complexity index is 1090. The Morgan fingerprint density at radius 1 is 1.23 bits per heavy atom. The summed E-state index contributed by atoms with van der Waals surface area (Å²) in [4.78, 5) is 27.9. The molecule has 1 aromatic heterocycles. The lowest BCUT2D eigenvalue weighted by atomic mass is 9.97. The number of benzene rings is 1. The molecule has 1 amide bonds. The van der Waals surface area contributed by atoms with Gasteiger partial charge in [-0.1, -0.05) is 17.7 Å². The van der Waals surface area contributed by atoms with Crippen molar-refractivity contribution in [2.75, 3.05) is 25.0 Å². The van der Waals surface area contributed by atoms with E-state index in [1.165, 1.54) is 4.31 Å². The van der Waals surface area contributed by atoms with Gasteiger partial charge in [-0.15, -0.1) is 0 Å². The van der Waals surface area contributed by atoms with Crippen LogP contribution in [-0.4, -0.2) is 49.3 Å². The van der Waals surface area contributed by atoms with Gasteiger partial charge in [0.05, 0.1) is 6.61 Å². The monoisotopic (exact) mass is 467 g/mol. The molecule has 31 heavy (non-hydrogen) atoms. The second kappa shape index (κ2) is 9.42. The summed E-state index contributed by atoms with van der Waals surface area (Å²) in [6, 6.07) is 6.87. The summed E-state index contributed by atoms with van der Waals surface area (Å²) in [6.07, 6.45) is 0.756. The van der Waals surface area contributed by atoms with Crippen LogP contribution in [0.3, 0.4) is 0 Å². The van der Waals surface area contributed by atoms with Gasteiger partial charge in [0.2, 0.25) is 15.9 Å². The number of piperidine rings is 1. The minimum atomic E-state index is -3.93. The number of carbonyl (C=O) groups is 2. The van der Waals surface area contributed by atoms with Gasteiger partial charge < -0.3 is 15.0 Å². The van der Waals surface area contributed by atoms with Crippen molar-refractivity contribution in [1.29, 1.82) is 0 Å². The molecular weight excluding hydrogens is 442 g/mol. The predicted octanol–water partition coefficient (Wildman–Crippen LogP) is 3.50. The SMILES string of the molecule is CCOC(=O)c1c(C)[nH]c(C)c1S(=O)(=O)N1CCC(C(=O)Nc2cccc(Cl)c2)CC1. The van der Waals surface area contributed by atoms with Crippen molar-refractivity contribution < 1.29 is 22.7 Å². The molecule has 10 heteroatoms. The van der Waals surface area contributed by atoms with Gasteiger partial charge in [-0.2, -0.15) is 4.31 Å². The number of halogens is 1. The van der Waals surface area contributed by atoms with Gasteiger partial charge in [0, 0.05) is 41.1 Å². The highest BCUT2D eigenvalue weighted by Crippen LogP contribution is 2.31. The third kappa shape index (κ3) is 4.94. The van der Waals surface area contributed by atoms with Crippen molar-refractivity contribution in [2.45, 2.75) is 38.5 Å². The molecule has 8 nitrogen and oxygen atoms in total. The Morgan fingerprint density at radius 2 is 1.90 bits per heavy atom. The fourth-order valence-electron chi connectivity index (χ4n) is 3.83. The van der Waals surface area contributed by atoms with Gasteiger partial charge >= 0.3 is 5.97 Å². The molecule has 0 aliphatic carbocycles. The van der Waals surface area contributed by atoms with E-state index in [0.29, 0.717) is 34.9 Å². The maximum atomic E-state index is 13.3. The standard InChI is InChI=1S/C21H26ClN3O5S/c1-4-30-21(27)18-13(2)23-14(3)19(18)31(28,29)25-10-8-15(9-11-25)20(26)24-17-7-5-6-16(22)12-17/h5-7,12,15,23H,4,8-11H2,1-3H3,(H,24,26). The van der Waals surface area contributed by atoms with Crippen LogP contribution in [0.4, 0.5) is 5.69 Å². The second-order valence-electron chi connectivity index (χ2n) is 7.48. The number of carbonyl (C=O) groups excluding carboxylic acids is 2. The Hall–Kier alpha value is -2.36. The van der Waals surface area contributed by atoms with Gasteiger partial charge in [-0.05, 0) is 51.8 Å². The molecule has 1 aliphatic rings. The Labute approximate surface area is 187 Å². The average molecular weight is 468 g/mol. The molecule has 0 bridgehead atoms. The first kappa shape index (κ1) is 23.3. The van der Waals surface area contributed by atoms with Crippen LogP contribution in [0.1, 0.15) is 41.5 Å². The highest BCUT2D eigenvalue weighted by atomic mass is 35.5. The molecule has 2 aromatic rings. The fourth-order valence-corrected chi connectivity index (χ4v) is 5.90. The molecule has 0 atom stereocenters. The van der Waals surface area contributed by atoms with E-state index in [2.05, 4.69) is 10.3 Å². The van der Waals surface area contributed by atoms with E-state index in [1.54, 1.807) is 45.0 Å². The maximum Gasteiger partial charge on any atom is 0.341 e. The quantitative estimate of drug-likeness (QED) is 0.632. The zero-order valence-electron chi connectivity index (χ0n) is 17.7. The molecular formula is C21H26ClN3O5S. The molecule has 1 fully saturated rings. The van der Waals surface area contributed by atoms with Gasteiger partial charge in [0.25, 0.3) is 0 Å². The highest BCUT2D eigenvalue weighted by Gasteiger charge is 2.37. The van der Waals surface area contributed by atoms with Crippen molar-refractivity contribution in [1.82, 2.24) is 9.29 Å². The van der Waals surface area contributed by atoms with E-state index < -0.39 is 16.0 Å². The minimum Gasteiger partial charge on any atom is -0.462 e. The maximum absolute atomic E-state index is 13.3. The number of aromatic nitrogens is 1. The number of H-pyrrole nitrogens is 1. The molecule has 2 N–H and O–H groups in total. The summed E-state index contributed by atoms with van der Waals surface area (Å²) in [5.74, 6) is -1.15. The Morgan fingerprint density at radius 3 is 2.52 bits per heavy atom. The summed E-state index contributed by atoms with van der Waals surface area (Å²) in [5.41, 5.74) is 1.48. The molecule has 168 valence electrons. The van der Waals surface area contributed by atoms with Crippen LogP contribution < -0.4 is 5.32 Å². The number of hydrogen-bond donors (Lipinski definition) is 2. The van der Waals surface area contributed by atoms with Crippen LogP contribution in [0, 0.1) is 19.8 Å². The normalized spacial score (nSPS) is 15.6. The lowest BCUT2D eigenvalue weighted by Crippen LogP contribution is -2.41. The summed E-state index contributed by atoms with van der Waals surface area (Å²) in [6.45, 7) is 5.44. The molecule has 0 unspecified atom stereocenters. The minimum absolute atomic E-state index is 0.0418. The first-order valence-corrected chi connectivity index (χ1v) is 11.9. The molecule has 2 heterocycles. The number of hydrogen-bond acceptors (Lipinski definition) is 5. The summed E-state index contributed by atoms with van der Waals surface area (Å²) < 4.78 is 33.1. The van der Waals surface area contributed by atoms with Crippen LogP contribution >= 0.6 is 11.6 Å². The summed E-state index contributed by atoms with van der Waals surface area (Å²) >= 11 is 5.95. The van der Waals surface area contributed by atoms with E-state index >= 15 is 0 Å².